The van der Waals surface area contributed by atoms with Gasteiger partial charge in [0, 0.05) is 44.5 Å². The molecule has 0 aromatic heterocycles. The lowest BCUT2D eigenvalue weighted by atomic mass is 9.55. The molecular weight excluding hydrogens is 573 g/mol. The van der Waals surface area contributed by atoms with Crippen molar-refractivity contribution in [2.24, 2.45) is 0 Å². The Hall–Kier alpha value is -3.33. The lowest BCUT2D eigenvalue weighted by molar-refractivity contribution is -0.300. The first kappa shape index (κ1) is 35.2. The molecule has 2 aromatic rings. The molecule has 3 rings (SSSR count). The smallest absolute Gasteiger partial charge is 0.256 e. The maximum Gasteiger partial charge on any atom is 0.256 e. The number of hydrogen-bond acceptors (Lipinski definition) is 10. The largest absolute Gasteiger partial charge is 0.395 e. The van der Waals surface area contributed by atoms with E-state index in [1.54, 1.807) is 39.0 Å². The van der Waals surface area contributed by atoms with E-state index in [0.717, 1.165) is 4.90 Å². The number of halogens is 1. The molecule has 1 saturated heterocycles. The highest BCUT2D eigenvalue weighted by molar-refractivity contribution is 6.33. The van der Waals surface area contributed by atoms with E-state index < -0.39 is 34.7 Å². The second-order valence-corrected chi connectivity index (χ2v) is 11.1. The Morgan fingerprint density at radius 3 is 2.32 bits per heavy atom. The molecule has 0 bridgehead atoms. The van der Waals surface area contributed by atoms with Crippen molar-refractivity contribution < 1.29 is 43.9 Å². The zero-order chi connectivity index (χ0) is 33.0. The Kier molecular flexibility index (Phi) is 11.0. The van der Waals surface area contributed by atoms with Crippen molar-refractivity contribution in [3.63, 3.8) is 0 Å². The van der Waals surface area contributed by atoms with E-state index in [1.165, 1.54) is 30.1 Å². The highest BCUT2D eigenvalue weighted by atomic mass is 19.1. The summed E-state index contributed by atoms with van der Waals surface area (Å²) in [7, 11) is 12.4. The van der Waals surface area contributed by atoms with Crippen LogP contribution in [0.15, 0.2) is 36.4 Å². The number of nitrogens with one attached hydrogen (secondary N) is 2. The first-order valence-electron chi connectivity index (χ1n) is 13.9. The molecule has 5 unspecified atom stereocenters. The van der Waals surface area contributed by atoms with Crippen molar-refractivity contribution >= 4 is 40.0 Å². The molecule has 234 valence electrons. The fourth-order valence-corrected chi connectivity index (χ4v) is 5.27. The topological polar surface area (TPSA) is 172 Å². The maximum atomic E-state index is 15.8. The van der Waals surface area contributed by atoms with Gasteiger partial charge in [0.25, 0.3) is 5.91 Å². The molecular formula is C29H37B2FN4O8. The zero-order valence-corrected chi connectivity index (χ0v) is 25.0. The lowest BCUT2D eigenvalue weighted by Crippen LogP contribution is -2.70. The minimum Gasteiger partial charge on any atom is -0.395 e. The van der Waals surface area contributed by atoms with Crippen LogP contribution in [0.3, 0.4) is 0 Å². The molecule has 15 heteroatoms. The van der Waals surface area contributed by atoms with Gasteiger partial charge in [-0.15, -0.1) is 0 Å². The highest BCUT2D eigenvalue weighted by Crippen LogP contribution is 2.31. The van der Waals surface area contributed by atoms with E-state index in [4.69, 9.17) is 20.4 Å². The van der Waals surface area contributed by atoms with Crippen molar-refractivity contribution in [1.29, 1.82) is 0 Å². The molecule has 0 saturated carbocycles. The van der Waals surface area contributed by atoms with Crippen molar-refractivity contribution in [3.8, 4) is 0 Å². The molecule has 6 N–H and O–H groups in total. The van der Waals surface area contributed by atoms with Crippen molar-refractivity contribution in [2.75, 3.05) is 25.5 Å². The number of carbonyl (C=O) groups excluding carboxylic acids is 3. The van der Waals surface area contributed by atoms with Crippen LogP contribution in [0.25, 0.3) is 0 Å². The van der Waals surface area contributed by atoms with Gasteiger partial charge in [0.05, 0.1) is 28.8 Å². The molecule has 12 nitrogen and oxygen atoms in total. The molecule has 44 heavy (non-hydrogen) atoms. The first-order chi connectivity index (χ1) is 20.5. The van der Waals surface area contributed by atoms with Gasteiger partial charge < -0.3 is 45.5 Å². The second-order valence-electron chi connectivity index (χ2n) is 11.1. The first-order valence-corrected chi connectivity index (χ1v) is 13.9. The van der Waals surface area contributed by atoms with Gasteiger partial charge in [-0.25, -0.2) is 9.29 Å². The molecule has 1 aliphatic rings. The number of amides is 2. The minimum atomic E-state index is -3.10. The van der Waals surface area contributed by atoms with Crippen LogP contribution < -0.4 is 10.6 Å². The normalized spacial score (nSPS) is 20.9. The molecule has 2 amide bonds. The number of aryl methyl sites for hydroxylation is 1. The SMILES string of the molecule is [B]C(O)(C=O)C([B])(O)C(C(=O)NC)N(C=O)Cc1c(C)cccc1NCc1cccc(C(O)(O)N2CC(C)OC(C)C2)c1F. The summed E-state index contributed by atoms with van der Waals surface area (Å²) in [5.41, 5.74) is -5.02. The van der Waals surface area contributed by atoms with Crippen LogP contribution in [0.1, 0.15) is 36.1 Å². The third-order valence-corrected chi connectivity index (χ3v) is 7.72. The molecule has 1 aliphatic heterocycles. The summed E-state index contributed by atoms with van der Waals surface area (Å²) in [4.78, 5) is 38.5. The predicted molar refractivity (Wildman–Crippen MR) is 160 cm³/mol. The molecule has 4 radical (unpaired) electrons. The Bertz CT molecular complexity index is 1350. The molecule has 2 aromatic carbocycles. The summed E-state index contributed by atoms with van der Waals surface area (Å²) >= 11 is 0. The van der Waals surface area contributed by atoms with E-state index >= 15 is 4.39 Å². The predicted octanol–water partition coefficient (Wildman–Crippen LogP) is -1.06. The van der Waals surface area contributed by atoms with Crippen LogP contribution in [0.4, 0.5) is 10.1 Å². The monoisotopic (exact) mass is 610 g/mol. The van der Waals surface area contributed by atoms with Crippen LogP contribution in [0, 0.1) is 12.7 Å². The highest BCUT2D eigenvalue weighted by Gasteiger charge is 2.52. The average Bonchev–Trinajstić information content (AvgIpc) is 2.96. The molecule has 1 fully saturated rings. The van der Waals surface area contributed by atoms with E-state index in [1.807, 2.05) is 0 Å². The number of rotatable bonds is 13. The number of benzene rings is 2. The summed E-state index contributed by atoms with van der Waals surface area (Å²) < 4.78 is 21.4. The van der Waals surface area contributed by atoms with Crippen molar-refractivity contribution in [1.82, 2.24) is 15.1 Å². The van der Waals surface area contributed by atoms with E-state index in [9.17, 15) is 34.8 Å². The van der Waals surface area contributed by atoms with Crippen LogP contribution in [-0.4, -0.2) is 114 Å². The summed E-state index contributed by atoms with van der Waals surface area (Å²) in [5.74, 6) is -4.47. The summed E-state index contributed by atoms with van der Waals surface area (Å²) in [6.45, 7) is 5.11. The van der Waals surface area contributed by atoms with Gasteiger partial charge in [-0.1, -0.05) is 24.3 Å². The number of anilines is 1. The Morgan fingerprint density at radius 2 is 1.75 bits per heavy atom. The van der Waals surface area contributed by atoms with Gasteiger partial charge >= 0.3 is 0 Å². The Morgan fingerprint density at radius 1 is 1.14 bits per heavy atom. The van der Waals surface area contributed by atoms with Crippen LogP contribution in [0.5, 0.6) is 0 Å². The van der Waals surface area contributed by atoms with Crippen LogP contribution in [-0.2, 0) is 38.1 Å². The standard InChI is InChI=1S/C29H37B2FN4O8/c1-17-7-5-10-23(21(17)14-35(16-38)25(26(39)33-4)28(31,41)27(30,40)15-37)34-11-20-8-6-9-22(24(20)32)29(42,43)36-12-18(2)44-19(3)13-36/h5-10,15-16,18-19,25,34,40-43H,11-14H2,1-4H3,(H,33,39). The van der Waals surface area contributed by atoms with E-state index in [-0.39, 0.29) is 62.2 Å². The average molecular weight is 610 g/mol. The number of aldehydes is 1. The fourth-order valence-electron chi connectivity index (χ4n) is 5.27. The van der Waals surface area contributed by atoms with E-state index in [2.05, 4.69) is 10.6 Å². The van der Waals surface area contributed by atoms with Gasteiger partial charge in [0.15, 0.2) is 0 Å². The Balaban J connectivity index is 1.92. The van der Waals surface area contributed by atoms with Gasteiger partial charge in [-0.05, 0) is 44.0 Å². The van der Waals surface area contributed by atoms with Gasteiger partial charge in [0.2, 0.25) is 12.3 Å². The summed E-state index contributed by atoms with van der Waals surface area (Å²) in [5, 5.41) is 48.4. The maximum absolute atomic E-state index is 15.8. The second kappa shape index (κ2) is 13.8. The molecule has 0 aliphatic carbocycles. The fraction of sp³-hybridized carbons (Fsp3) is 0.483. The van der Waals surface area contributed by atoms with Crippen molar-refractivity contribution in [3.05, 3.63) is 64.5 Å². The van der Waals surface area contributed by atoms with Crippen LogP contribution >= 0.6 is 0 Å². The van der Waals surface area contributed by atoms with Crippen LogP contribution in [0.2, 0.25) is 0 Å². The number of nitrogens with zero attached hydrogens (tertiary/aromatic N) is 2. The van der Waals surface area contributed by atoms with Gasteiger partial charge in [-0.2, -0.15) is 0 Å². The number of hydrogen-bond donors (Lipinski definition) is 6. The molecule has 5 atom stereocenters. The number of morpholine rings is 1. The zero-order valence-electron chi connectivity index (χ0n) is 25.0. The Labute approximate surface area is 258 Å². The third-order valence-electron chi connectivity index (χ3n) is 7.72. The van der Waals surface area contributed by atoms with Gasteiger partial charge in [0.1, 0.15) is 33.8 Å². The number of aliphatic hydroxyl groups is 4. The third kappa shape index (κ3) is 7.14. The molecule has 1 heterocycles. The summed E-state index contributed by atoms with van der Waals surface area (Å²) in [6.07, 6.45) is -0.645. The number of ether oxygens (including phenoxy) is 1. The van der Waals surface area contributed by atoms with Crippen molar-refractivity contribution in [2.45, 2.75) is 69.0 Å². The summed E-state index contributed by atoms with van der Waals surface area (Å²) in [6, 6.07) is 7.25. The van der Waals surface area contributed by atoms with Gasteiger partial charge in [-0.3, -0.25) is 9.59 Å². The number of carbonyl (C=O) groups is 3. The quantitative estimate of drug-likeness (QED) is 0.0933. The minimum absolute atomic E-state index is 0.0998. The van der Waals surface area contributed by atoms with E-state index in [0.29, 0.717) is 16.8 Å². The molecule has 0 spiro atoms. The number of likely N-dealkylation sites (N-methyl/N-ethyl adjacent to an activating group) is 1. The lowest BCUT2D eigenvalue weighted by Gasteiger charge is -2.44.